The first-order chi connectivity index (χ1) is 8.72. The zero-order valence-electron chi connectivity index (χ0n) is 10.2. The van der Waals surface area contributed by atoms with E-state index in [9.17, 15) is 4.39 Å². The molecule has 92 valence electrons. The molecule has 0 saturated carbocycles. The van der Waals surface area contributed by atoms with Gasteiger partial charge in [-0.15, -0.1) is 0 Å². The van der Waals surface area contributed by atoms with Gasteiger partial charge in [0.2, 0.25) is 0 Å². The predicted octanol–water partition coefficient (Wildman–Crippen LogP) is 2.24. The zero-order valence-corrected chi connectivity index (χ0v) is 10.2. The number of aryl methyl sites for hydroxylation is 1. The Morgan fingerprint density at radius 2 is 2.17 bits per heavy atom. The van der Waals surface area contributed by atoms with Crippen molar-refractivity contribution < 1.29 is 4.39 Å². The largest absolute Gasteiger partial charge is 0.312 e. The van der Waals surface area contributed by atoms with Gasteiger partial charge >= 0.3 is 0 Å². The van der Waals surface area contributed by atoms with Gasteiger partial charge in [0.25, 0.3) is 0 Å². The number of benzene rings is 1. The lowest BCUT2D eigenvalue weighted by Crippen LogP contribution is -2.24. The van der Waals surface area contributed by atoms with Crippen molar-refractivity contribution in [2.24, 2.45) is 0 Å². The maximum atomic E-state index is 13.4. The Kier molecular flexibility index (Phi) is 2.80. The van der Waals surface area contributed by atoms with Gasteiger partial charge in [-0.25, -0.2) is 14.4 Å². The topological polar surface area (TPSA) is 37.8 Å². The second-order valence-electron chi connectivity index (χ2n) is 4.61. The fraction of sp³-hybridized carbons (Fsp3) is 0.286. The van der Waals surface area contributed by atoms with E-state index in [1.165, 1.54) is 12.1 Å². The van der Waals surface area contributed by atoms with Gasteiger partial charge in [-0.05, 0) is 30.7 Å². The van der Waals surface area contributed by atoms with Gasteiger partial charge in [-0.2, -0.15) is 0 Å². The third kappa shape index (κ3) is 2.11. The maximum Gasteiger partial charge on any atom is 0.159 e. The van der Waals surface area contributed by atoms with Crippen LogP contribution >= 0.6 is 0 Å². The van der Waals surface area contributed by atoms with Crippen molar-refractivity contribution in [3.63, 3.8) is 0 Å². The van der Waals surface area contributed by atoms with Crippen LogP contribution < -0.4 is 5.32 Å². The summed E-state index contributed by atoms with van der Waals surface area (Å²) in [7, 11) is 0. The Hall–Kier alpha value is -1.81. The number of halogens is 1. The number of nitrogens with one attached hydrogen (secondary N) is 1. The summed E-state index contributed by atoms with van der Waals surface area (Å²) in [6.45, 7) is 3.62. The first-order valence-corrected chi connectivity index (χ1v) is 6.05. The minimum Gasteiger partial charge on any atom is -0.312 e. The molecule has 2 aromatic rings. The van der Waals surface area contributed by atoms with E-state index in [4.69, 9.17) is 0 Å². The fourth-order valence-corrected chi connectivity index (χ4v) is 2.24. The molecule has 2 heterocycles. The molecule has 3 rings (SSSR count). The molecule has 0 saturated heterocycles. The summed E-state index contributed by atoms with van der Waals surface area (Å²) in [5.74, 6) is 0.367. The van der Waals surface area contributed by atoms with Crippen molar-refractivity contribution in [2.75, 3.05) is 6.54 Å². The average Bonchev–Trinajstić information content (AvgIpc) is 2.37. The summed E-state index contributed by atoms with van der Waals surface area (Å²) >= 11 is 0. The summed E-state index contributed by atoms with van der Waals surface area (Å²) in [6, 6.07) is 4.90. The molecule has 0 aliphatic carbocycles. The minimum absolute atomic E-state index is 0.243. The standard InChI is InChI=1S/C14H14FN3/c1-9-4-10(6-12(15)5-9)14-17-8-11-7-16-3-2-13(11)18-14/h4-6,8,16H,2-3,7H2,1H3. The van der Waals surface area contributed by atoms with Crippen LogP contribution in [0, 0.1) is 12.7 Å². The SMILES string of the molecule is Cc1cc(F)cc(-c2ncc3c(n2)CCNC3)c1. The molecule has 0 radical (unpaired) electrons. The van der Waals surface area contributed by atoms with Gasteiger partial charge < -0.3 is 5.32 Å². The van der Waals surface area contributed by atoms with Crippen LogP contribution in [-0.2, 0) is 13.0 Å². The lowest BCUT2D eigenvalue weighted by molar-refractivity contribution is 0.624. The second-order valence-corrected chi connectivity index (χ2v) is 4.61. The molecule has 1 aromatic heterocycles. The molecule has 1 N–H and O–H groups in total. The van der Waals surface area contributed by atoms with Crippen LogP contribution in [-0.4, -0.2) is 16.5 Å². The van der Waals surface area contributed by atoms with Crippen LogP contribution in [0.1, 0.15) is 16.8 Å². The van der Waals surface area contributed by atoms with Crippen molar-refractivity contribution in [2.45, 2.75) is 19.9 Å². The molecule has 1 aromatic carbocycles. The Labute approximate surface area is 105 Å². The van der Waals surface area contributed by atoms with Crippen LogP contribution in [0.25, 0.3) is 11.4 Å². The van der Waals surface area contributed by atoms with Crippen LogP contribution in [0.3, 0.4) is 0 Å². The fourth-order valence-electron chi connectivity index (χ4n) is 2.24. The van der Waals surface area contributed by atoms with Gasteiger partial charge in [-0.1, -0.05) is 0 Å². The molecule has 1 aliphatic rings. The molecule has 18 heavy (non-hydrogen) atoms. The molecule has 0 spiro atoms. The number of aromatic nitrogens is 2. The average molecular weight is 243 g/mol. The molecule has 4 heteroatoms. The molecule has 0 atom stereocenters. The highest BCUT2D eigenvalue weighted by Gasteiger charge is 2.12. The van der Waals surface area contributed by atoms with E-state index in [1.807, 2.05) is 19.2 Å². The van der Waals surface area contributed by atoms with Crippen LogP contribution in [0.5, 0.6) is 0 Å². The molecule has 0 fully saturated rings. The quantitative estimate of drug-likeness (QED) is 0.834. The summed E-state index contributed by atoms with van der Waals surface area (Å²) in [5, 5.41) is 3.28. The van der Waals surface area contributed by atoms with Crippen molar-refractivity contribution >= 4 is 0 Å². The van der Waals surface area contributed by atoms with E-state index in [0.29, 0.717) is 5.82 Å². The normalized spacial score (nSPS) is 14.3. The number of fused-ring (bicyclic) bond motifs is 1. The van der Waals surface area contributed by atoms with E-state index < -0.39 is 0 Å². The van der Waals surface area contributed by atoms with E-state index in [-0.39, 0.29) is 5.82 Å². The van der Waals surface area contributed by atoms with Crippen molar-refractivity contribution in [3.8, 4) is 11.4 Å². The van der Waals surface area contributed by atoms with Gasteiger partial charge in [0.1, 0.15) is 5.82 Å². The van der Waals surface area contributed by atoms with Gasteiger partial charge in [0, 0.05) is 36.8 Å². The number of hydrogen-bond donors (Lipinski definition) is 1. The second kappa shape index (κ2) is 4.46. The lowest BCUT2D eigenvalue weighted by atomic mass is 10.1. The highest BCUT2D eigenvalue weighted by Crippen LogP contribution is 2.20. The third-order valence-corrected chi connectivity index (χ3v) is 3.11. The summed E-state index contributed by atoms with van der Waals surface area (Å²) in [4.78, 5) is 8.87. The van der Waals surface area contributed by atoms with E-state index in [2.05, 4.69) is 15.3 Å². The van der Waals surface area contributed by atoms with E-state index >= 15 is 0 Å². The molecule has 3 nitrogen and oxygen atoms in total. The highest BCUT2D eigenvalue weighted by atomic mass is 19.1. The van der Waals surface area contributed by atoms with E-state index in [1.54, 1.807) is 0 Å². The minimum atomic E-state index is -0.243. The predicted molar refractivity (Wildman–Crippen MR) is 67.6 cm³/mol. The molecule has 0 amide bonds. The highest BCUT2D eigenvalue weighted by molar-refractivity contribution is 5.56. The third-order valence-electron chi connectivity index (χ3n) is 3.11. The van der Waals surface area contributed by atoms with Crippen molar-refractivity contribution in [3.05, 3.63) is 47.0 Å². The molecular weight excluding hydrogens is 229 g/mol. The number of nitrogens with zero attached hydrogens (tertiary/aromatic N) is 2. The Balaban J connectivity index is 2.06. The van der Waals surface area contributed by atoms with Crippen molar-refractivity contribution in [1.29, 1.82) is 0 Å². The zero-order chi connectivity index (χ0) is 12.5. The van der Waals surface area contributed by atoms with E-state index in [0.717, 1.165) is 41.9 Å². The summed E-state index contributed by atoms with van der Waals surface area (Å²) in [6.07, 6.45) is 2.74. The lowest BCUT2D eigenvalue weighted by Gasteiger charge is -2.16. The first-order valence-electron chi connectivity index (χ1n) is 6.05. The molecule has 0 unspecified atom stereocenters. The van der Waals surface area contributed by atoms with Gasteiger partial charge in [0.15, 0.2) is 5.82 Å². The van der Waals surface area contributed by atoms with Gasteiger partial charge in [0.05, 0.1) is 5.69 Å². The molecule has 0 bridgehead atoms. The summed E-state index contributed by atoms with van der Waals surface area (Å²) in [5.41, 5.74) is 3.83. The first kappa shape index (κ1) is 11.3. The summed E-state index contributed by atoms with van der Waals surface area (Å²) < 4.78 is 13.4. The van der Waals surface area contributed by atoms with Crippen molar-refractivity contribution in [1.82, 2.24) is 15.3 Å². The molecular formula is C14H14FN3. The van der Waals surface area contributed by atoms with Gasteiger partial charge in [-0.3, -0.25) is 0 Å². The maximum absolute atomic E-state index is 13.4. The molecule has 1 aliphatic heterocycles. The Morgan fingerprint density at radius 1 is 1.28 bits per heavy atom. The Bertz CT molecular complexity index is 575. The monoisotopic (exact) mass is 243 g/mol. The smallest absolute Gasteiger partial charge is 0.159 e. The number of hydrogen-bond acceptors (Lipinski definition) is 3. The van der Waals surface area contributed by atoms with Crippen LogP contribution in [0.4, 0.5) is 4.39 Å². The number of rotatable bonds is 1. The van der Waals surface area contributed by atoms with Crippen LogP contribution in [0.2, 0.25) is 0 Å². The Morgan fingerprint density at radius 3 is 3.00 bits per heavy atom. The van der Waals surface area contributed by atoms with Crippen LogP contribution in [0.15, 0.2) is 24.4 Å².